The molecule has 0 unspecified atom stereocenters. The summed E-state index contributed by atoms with van der Waals surface area (Å²) in [5, 5.41) is 2.02. The Kier molecular flexibility index (Phi) is 4.65. The van der Waals surface area contributed by atoms with E-state index in [4.69, 9.17) is 16.3 Å². The third-order valence-electron chi connectivity index (χ3n) is 3.12. The van der Waals surface area contributed by atoms with Crippen LogP contribution in [0.3, 0.4) is 0 Å². The van der Waals surface area contributed by atoms with Crippen LogP contribution in [-0.4, -0.2) is 18.0 Å². The molecule has 2 rings (SSSR count). The zero-order valence-electron chi connectivity index (χ0n) is 11.5. The fraction of sp³-hybridized carbons (Fsp3) is 0.429. The Morgan fingerprint density at radius 2 is 2.00 bits per heavy atom. The fourth-order valence-corrected chi connectivity index (χ4v) is 1.91. The van der Waals surface area contributed by atoms with E-state index in [-0.39, 0.29) is 10.9 Å². The van der Waals surface area contributed by atoms with Gasteiger partial charge in [0, 0.05) is 5.02 Å². The summed E-state index contributed by atoms with van der Waals surface area (Å²) in [5.74, 6) is -1.53. The topological polar surface area (TPSA) is 55.4 Å². The van der Waals surface area contributed by atoms with Crippen LogP contribution in [0.4, 0.5) is 18.9 Å². The van der Waals surface area contributed by atoms with Gasteiger partial charge in [-0.2, -0.15) is 13.2 Å². The Labute approximate surface area is 129 Å². The molecule has 0 radical (unpaired) electrons. The summed E-state index contributed by atoms with van der Waals surface area (Å²) in [6, 6.07) is 3.00. The molecule has 1 aliphatic carbocycles. The van der Waals surface area contributed by atoms with Gasteiger partial charge in [0.25, 0.3) is 5.91 Å². The van der Waals surface area contributed by atoms with Crippen LogP contribution >= 0.6 is 11.6 Å². The smallest absolute Gasteiger partial charge is 0.418 e. The lowest BCUT2D eigenvalue weighted by molar-refractivity contribution is -0.154. The highest BCUT2D eigenvalue weighted by molar-refractivity contribution is 6.30. The van der Waals surface area contributed by atoms with Crippen molar-refractivity contribution in [2.45, 2.75) is 32.0 Å². The number of carbonyl (C=O) groups is 2. The number of hydrogen-bond acceptors (Lipinski definition) is 3. The third kappa shape index (κ3) is 4.13. The fourth-order valence-electron chi connectivity index (χ4n) is 1.74. The maximum atomic E-state index is 12.9. The Bertz CT molecular complexity index is 599. The van der Waals surface area contributed by atoms with Crippen molar-refractivity contribution in [2.75, 3.05) is 5.32 Å². The van der Waals surface area contributed by atoms with Gasteiger partial charge in [0.2, 0.25) is 0 Å². The van der Waals surface area contributed by atoms with Gasteiger partial charge < -0.3 is 10.1 Å². The Hall–Kier alpha value is -1.76. The standard InChI is InChI=1S/C14H13ClF3NO3/c1-7(22-13(21)8-2-3-8)12(20)19-11-5-4-9(15)6-10(11)14(16,17)18/h4-8H,2-3H2,1H3,(H,19,20)/t7-/m0/s1. The first kappa shape index (κ1) is 16.6. The Morgan fingerprint density at radius 1 is 1.36 bits per heavy atom. The molecular weight excluding hydrogens is 323 g/mol. The van der Waals surface area contributed by atoms with Gasteiger partial charge in [0.15, 0.2) is 6.10 Å². The molecular formula is C14H13ClF3NO3. The molecule has 1 amide bonds. The highest BCUT2D eigenvalue weighted by atomic mass is 35.5. The van der Waals surface area contributed by atoms with Crippen molar-refractivity contribution in [3.05, 3.63) is 28.8 Å². The summed E-state index contributed by atoms with van der Waals surface area (Å²) in [7, 11) is 0. The zero-order chi connectivity index (χ0) is 16.5. The third-order valence-corrected chi connectivity index (χ3v) is 3.35. The highest BCUT2D eigenvalue weighted by Gasteiger charge is 2.36. The Balaban J connectivity index is 2.09. The van der Waals surface area contributed by atoms with Crippen molar-refractivity contribution < 1.29 is 27.5 Å². The van der Waals surface area contributed by atoms with E-state index in [0.29, 0.717) is 12.8 Å². The maximum Gasteiger partial charge on any atom is 0.418 e. The zero-order valence-corrected chi connectivity index (χ0v) is 12.3. The summed E-state index contributed by atoms with van der Waals surface area (Å²) in [6.07, 6.45) is -4.42. The molecule has 0 aromatic heterocycles. The quantitative estimate of drug-likeness (QED) is 0.855. The molecule has 0 saturated heterocycles. The average molecular weight is 336 g/mol. The van der Waals surface area contributed by atoms with Crippen LogP contribution in [0.25, 0.3) is 0 Å². The molecule has 8 heteroatoms. The van der Waals surface area contributed by atoms with Crippen LogP contribution in [-0.2, 0) is 20.5 Å². The van der Waals surface area contributed by atoms with E-state index in [0.717, 1.165) is 12.1 Å². The van der Waals surface area contributed by atoms with Gasteiger partial charge in [0.1, 0.15) is 0 Å². The number of hydrogen-bond donors (Lipinski definition) is 1. The van der Waals surface area contributed by atoms with Gasteiger partial charge in [-0.3, -0.25) is 9.59 Å². The van der Waals surface area contributed by atoms with Crippen LogP contribution in [0.2, 0.25) is 5.02 Å². The minimum atomic E-state index is -4.67. The minimum absolute atomic E-state index is 0.0986. The molecule has 120 valence electrons. The van der Waals surface area contributed by atoms with Crippen LogP contribution in [0.1, 0.15) is 25.3 Å². The second kappa shape index (κ2) is 6.16. The lowest BCUT2D eigenvalue weighted by Gasteiger charge is -2.17. The van der Waals surface area contributed by atoms with E-state index in [2.05, 4.69) is 5.32 Å². The number of benzene rings is 1. The van der Waals surface area contributed by atoms with Gasteiger partial charge in [-0.15, -0.1) is 0 Å². The summed E-state index contributed by atoms with van der Waals surface area (Å²) in [6.45, 7) is 1.30. The summed E-state index contributed by atoms with van der Waals surface area (Å²) >= 11 is 5.55. The summed E-state index contributed by atoms with van der Waals surface area (Å²) in [5.41, 5.74) is -1.50. The number of esters is 1. The first-order valence-electron chi connectivity index (χ1n) is 6.56. The average Bonchev–Trinajstić information content (AvgIpc) is 3.23. The molecule has 0 bridgehead atoms. The number of anilines is 1. The first-order valence-corrected chi connectivity index (χ1v) is 6.94. The second-order valence-electron chi connectivity index (χ2n) is 5.03. The van der Waals surface area contributed by atoms with E-state index in [1.807, 2.05) is 0 Å². The molecule has 1 fully saturated rings. The number of amides is 1. The number of alkyl halides is 3. The number of halogens is 4. The van der Waals surface area contributed by atoms with E-state index in [9.17, 15) is 22.8 Å². The molecule has 1 aromatic carbocycles. The number of carbonyl (C=O) groups excluding carboxylic acids is 2. The normalized spacial score (nSPS) is 16.0. The first-order chi connectivity index (χ1) is 10.2. The van der Waals surface area contributed by atoms with E-state index in [1.165, 1.54) is 13.0 Å². The number of ether oxygens (including phenoxy) is 1. The number of rotatable bonds is 4. The van der Waals surface area contributed by atoms with Crippen LogP contribution in [0.15, 0.2) is 18.2 Å². The molecule has 1 saturated carbocycles. The molecule has 22 heavy (non-hydrogen) atoms. The van der Waals surface area contributed by atoms with Crippen LogP contribution in [0, 0.1) is 5.92 Å². The molecule has 0 spiro atoms. The van der Waals surface area contributed by atoms with Gasteiger partial charge in [0.05, 0.1) is 17.2 Å². The molecule has 1 aromatic rings. The molecule has 1 atom stereocenters. The van der Waals surface area contributed by atoms with Crippen molar-refractivity contribution >= 4 is 29.2 Å². The van der Waals surface area contributed by atoms with Crippen molar-refractivity contribution in [1.29, 1.82) is 0 Å². The monoisotopic (exact) mass is 335 g/mol. The van der Waals surface area contributed by atoms with E-state index < -0.39 is 35.4 Å². The largest absolute Gasteiger partial charge is 0.452 e. The molecule has 1 aliphatic rings. The summed E-state index contributed by atoms with van der Waals surface area (Å²) in [4.78, 5) is 23.3. The van der Waals surface area contributed by atoms with Crippen molar-refractivity contribution in [1.82, 2.24) is 0 Å². The maximum absolute atomic E-state index is 12.9. The van der Waals surface area contributed by atoms with Crippen molar-refractivity contribution in [2.24, 2.45) is 5.92 Å². The predicted octanol–water partition coefficient (Wildman–Crippen LogP) is 3.64. The van der Waals surface area contributed by atoms with Crippen molar-refractivity contribution in [3.8, 4) is 0 Å². The SMILES string of the molecule is C[C@H](OC(=O)C1CC1)C(=O)Nc1ccc(Cl)cc1C(F)(F)F. The van der Waals surface area contributed by atoms with Gasteiger partial charge in [-0.1, -0.05) is 11.6 Å². The van der Waals surface area contributed by atoms with E-state index >= 15 is 0 Å². The number of nitrogens with one attached hydrogen (secondary N) is 1. The van der Waals surface area contributed by atoms with Crippen LogP contribution in [0.5, 0.6) is 0 Å². The second-order valence-corrected chi connectivity index (χ2v) is 5.47. The predicted molar refractivity (Wildman–Crippen MR) is 73.4 cm³/mol. The van der Waals surface area contributed by atoms with Gasteiger partial charge in [-0.05, 0) is 38.0 Å². The lowest BCUT2D eigenvalue weighted by atomic mass is 10.1. The molecule has 0 aliphatic heterocycles. The lowest BCUT2D eigenvalue weighted by Crippen LogP contribution is -2.31. The van der Waals surface area contributed by atoms with Crippen molar-refractivity contribution in [3.63, 3.8) is 0 Å². The van der Waals surface area contributed by atoms with Gasteiger partial charge in [-0.25, -0.2) is 0 Å². The Morgan fingerprint density at radius 3 is 2.55 bits per heavy atom. The minimum Gasteiger partial charge on any atom is -0.452 e. The molecule has 0 heterocycles. The van der Waals surface area contributed by atoms with E-state index in [1.54, 1.807) is 0 Å². The summed E-state index contributed by atoms with van der Waals surface area (Å²) < 4.78 is 43.6. The van der Waals surface area contributed by atoms with Gasteiger partial charge >= 0.3 is 12.1 Å². The molecule has 4 nitrogen and oxygen atoms in total. The van der Waals surface area contributed by atoms with Crippen LogP contribution < -0.4 is 5.32 Å². The molecule has 1 N–H and O–H groups in total. The highest BCUT2D eigenvalue weighted by Crippen LogP contribution is 2.36.